The van der Waals surface area contributed by atoms with Crippen molar-refractivity contribution < 1.29 is 9.90 Å². The number of carbonyl (C=O) groups excluding carboxylic acids is 1. The summed E-state index contributed by atoms with van der Waals surface area (Å²) in [6.07, 6.45) is -0.613. The Kier molecular flexibility index (Phi) is 5.79. The summed E-state index contributed by atoms with van der Waals surface area (Å²) in [6.45, 7) is 4.60. The van der Waals surface area contributed by atoms with E-state index in [0.717, 1.165) is 5.56 Å². The third-order valence-electron chi connectivity index (χ3n) is 3.00. The number of amides is 1. The number of halogens is 1. The highest BCUT2D eigenvalue weighted by atomic mass is 35.5. The van der Waals surface area contributed by atoms with Crippen molar-refractivity contribution in [1.29, 1.82) is 0 Å². The van der Waals surface area contributed by atoms with Crippen LogP contribution in [0.25, 0.3) is 0 Å². The molecular formula is C14H21ClN2O2. The Morgan fingerprint density at radius 1 is 1.37 bits per heavy atom. The van der Waals surface area contributed by atoms with Crippen LogP contribution in [0.5, 0.6) is 0 Å². The highest BCUT2D eigenvalue weighted by Gasteiger charge is 2.26. The van der Waals surface area contributed by atoms with Crippen molar-refractivity contribution in [2.45, 2.75) is 20.0 Å². The van der Waals surface area contributed by atoms with Gasteiger partial charge in [-0.25, -0.2) is 0 Å². The first kappa shape index (κ1) is 16.0. The van der Waals surface area contributed by atoms with Crippen LogP contribution in [0.15, 0.2) is 24.3 Å². The van der Waals surface area contributed by atoms with Crippen molar-refractivity contribution in [2.75, 3.05) is 20.1 Å². The number of carbonyl (C=O) groups is 1. The highest BCUT2D eigenvalue weighted by Crippen LogP contribution is 2.17. The van der Waals surface area contributed by atoms with Gasteiger partial charge >= 0.3 is 0 Å². The fourth-order valence-corrected chi connectivity index (χ4v) is 1.87. The topological polar surface area (TPSA) is 61.4 Å². The lowest BCUT2D eigenvalue weighted by Gasteiger charge is -2.23. The highest BCUT2D eigenvalue weighted by molar-refractivity contribution is 6.30. The Morgan fingerprint density at radius 2 is 1.95 bits per heavy atom. The third-order valence-corrected chi connectivity index (χ3v) is 3.25. The van der Waals surface area contributed by atoms with E-state index in [9.17, 15) is 9.90 Å². The molecule has 1 unspecified atom stereocenters. The average Bonchev–Trinajstić information content (AvgIpc) is 2.38. The lowest BCUT2D eigenvalue weighted by Crippen LogP contribution is -2.42. The fourth-order valence-electron chi connectivity index (χ4n) is 1.74. The van der Waals surface area contributed by atoms with Gasteiger partial charge in [0.05, 0.1) is 11.5 Å². The molecule has 0 radical (unpaired) electrons. The first-order chi connectivity index (χ1) is 8.86. The van der Waals surface area contributed by atoms with Gasteiger partial charge in [0.15, 0.2) is 0 Å². The number of aliphatic hydroxyl groups is 1. The van der Waals surface area contributed by atoms with Crippen molar-refractivity contribution in [3.8, 4) is 0 Å². The Morgan fingerprint density at radius 3 is 2.47 bits per heavy atom. The van der Waals surface area contributed by atoms with Gasteiger partial charge in [-0.05, 0) is 31.5 Å². The molecule has 1 amide bonds. The lowest BCUT2D eigenvalue weighted by molar-refractivity contribution is -0.128. The standard InChI is InChI=1S/C14H21ClN2O2/c1-14(2,13(19)16-3)9-17-8-12(18)10-4-6-11(15)7-5-10/h4-7,12,17-18H,8-9H2,1-3H3,(H,16,19). The molecule has 0 saturated carbocycles. The number of rotatable bonds is 6. The maximum absolute atomic E-state index is 11.6. The molecule has 1 atom stereocenters. The molecule has 1 aromatic rings. The molecule has 0 aliphatic heterocycles. The molecule has 0 fully saturated rings. The zero-order chi connectivity index (χ0) is 14.5. The summed E-state index contributed by atoms with van der Waals surface area (Å²) >= 11 is 5.79. The summed E-state index contributed by atoms with van der Waals surface area (Å²) in [5, 5.41) is 16.4. The normalized spacial score (nSPS) is 13.1. The summed E-state index contributed by atoms with van der Waals surface area (Å²) in [5.74, 6) is -0.0269. The molecule has 4 nitrogen and oxygen atoms in total. The van der Waals surface area contributed by atoms with Crippen LogP contribution in [0.3, 0.4) is 0 Å². The molecule has 1 aromatic carbocycles. The molecular weight excluding hydrogens is 264 g/mol. The maximum Gasteiger partial charge on any atom is 0.226 e. The van der Waals surface area contributed by atoms with Crippen LogP contribution < -0.4 is 10.6 Å². The Labute approximate surface area is 119 Å². The third kappa shape index (κ3) is 4.82. The smallest absolute Gasteiger partial charge is 0.226 e. The van der Waals surface area contributed by atoms with Crippen LogP contribution in [0.4, 0.5) is 0 Å². The van der Waals surface area contributed by atoms with E-state index in [1.165, 1.54) is 0 Å². The molecule has 0 saturated heterocycles. The van der Waals surface area contributed by atoms with Crippen LogP contribution in [0.1, 0.15) is 25.5 Å². The molecule has 0 aliphatic rings. The monoisotopic (exact) mass is 284 g/mol. The van der Waals surface area contributed by atoms with Crippen LogP contribution in [0.2, 0.25) is 5.02 Å². The van der Waals surface area contributed by atoms with E-state index in [-0.39, 0.29) is 5.91 Å². The van der Waals surface area contributed by atoms with E-state index in [4.69, 9.17) is 11.6 Å². The van der Waals surface area contributed by atoms with Gasteiger partial charge in [-0.15, -0.1) is 0 Å². The summed E-state index contributed by atoms with van der Waals surface area (Å²) in [7, 11) is 1.62. The molecule has 106 valence electrons. The summed E-state index contributed by atoms with van der Waals surface area (Å²) in [5.41, 5.74) is 0.295. The second kappa shape index (κ2) is 6.89. The van der Waals surface area contributed by atoms with Crippen molar-refractivity contribution in [1.82, 2.24) is 10.6 Å². The second-order valence-electron chi connectivity index (χ2n) is 5.16. The molecule has 0 aromatic heterocycles. The van der Waals surface area contributed by atoms with Gasteiger partial charge in [-0.1, -0.05) is 23.7 Å². The second-order valence-corrected chi connectivity index (χ2v) is 5.60. The Hall–Kier alpha value is -1.10. The molecule has 5 heteroatoms. The van der Waals surface area contributed by atoms with Crippen LogP contribution in [-0.4, -0.2) is 31.2 Å². The Balaban J connectivity index is 2.45. The van der Waals surface area contributed by atoms with Crippen LogP contribution in [-0.2, 0) is 4.79 Å². The van der Waals surface area contributed by atoms with Crippen LogP contribution in [0, 0.1) is 5.41 Å². The van der Waals surface area contributed by atoms with E-state index in [0.29, 0.717) is 18.1 Å². The van der Waals surface area contributed by atoms with Gasteiger partial charge in [0, 0.05) is 25.2 Å². The Bertz CT molecular complexity index is 418. The van der Waals surface area contributed by atoms with Gasteiger partial charge in [-0.3, -0.25) is 4.79 Å². The number of nitrogens with one attached hydrogen (secondary N) is 2. The predicted molar refractivity (Wildman–Crippen MR) is 77.1 cm³/mol. The average molecular weight is 285 g/mol. The molecule has 0 bridgehead atoms. The van der Waals surface area contributed by atoms with E-state index in [1.54, 1.807) is 31.3 Å². The quantitative estimate of drug-likeness (QED) is 0.746. The molecule has 1 rings (SSSR count). The van der Waals surface area contributed by atoms with Gasteiger partial charge in [0.1, 0.15) is 0 Å². The van der Waals surface area contributed by atoms with E-state index in [1.807, 2.05) is 13.8 Å². The van der Waals surface area contributed by atoms with Crippen molar-refractivity contribution in [2.24, 2.45) is 5.41 Å². The van der Waals surface area contributed by atoms with Crippen molar-refractivity contribution in [3.05, 3.63) is 34.9 Å². The van der Waals surface area contributed by atoms with Crippen LogP contribution >= 0.6 is 11.6 Å². The predicted octanol–water partition coefficient (Wildman–Crippen LogP) is 1.74. The molecule has 0 aliphatic carbocycles. The first-order valence-corrected chi connectivity index (χ1v) is 6.61. The number of hydrogen-bond donors (Lipinski definition) is 3. The molecule has 0 spiro atoms. The van der Waals surface area contributed by atoms with Gasteiger partial charge in [0.25, 0.3) is 0 Å². The largest absolute Gasteiger partial charge is 0.387 e. The maximum atomic E-state index is 11.6. The van der Waals surface area contributed by atoms with Crippen molar-refractivity contribution >= 4 is 17.5 Å². The number of hydrogen-bond acceptors (Lipinski definition) is 3. The van der Waals surface area contributed by atoms with Gasteiger partial charge in [-0.2, -0.15) is 0 Å². The van der Waals surface area contributed by atoms with Crippen molar-refractivity contribution in [3.63, 3.8) is 0 Å². The van der Waals surface area contributed by atoms with E-state index in [2.05, 4.69) is 10.6 Å². The first-order valence-electron chi connectivity index (χ1n) is 6.23. The molecule has 3 N–H and O–H groups in total. The summed E-state index contributed by atoms with van der Waals surface area (Å²) in [4.78, 5) is 11.6. The summed E-state index contributed by atoms with van der Waals surface area (Å²) in [6, 6.07) is 7.07. The molecule has 0 heterocycles. The minimum Gasteiger partial charge on any atom is -0.387 e. The lowest BCUT2D eigenvalue weighted by atomic mass is 9.92. The van der Waals surface area contributed by atoms with Gasteiger partial charge in [0.2, 0.25) is 5.91 Å². The van der Waals surface area contributed by atoms with E-state index >= 15 is 0 Å². The minimum atomic E-state index is -0.613. The molecule has 19 heavy (non-hydrogen) atoms. The summed E-state index contributed by atoms with van der Waals surface area (Å²) < 4.78 is 0. The van der Waals surface area contributed by atoms with E-state index < -0.39 is 11.5 Å². The zero-order valence-electron chi connectivity index (χ0n) is 11.5. The zero-order valence-corrected chi connectivity index (χ0v) is 12.3. The SMILES string of the molecule is CNC(=O)C(C)(C)CNCC(O)c1ccc(Cl)cc1. The number of benzene rings is 1. The minimum absolute atomic E-state index is 0.0269. The number of aliphatic hydroxyl groups excluding tert-OH is 1. The van der Waals surface area contributed by atoms with Gasteiger partial charge < -0.3 is 15.7 Å². The fraction of sp³-hybridized carbons (Fsp3) is 0.500.